The lowest BCUT2D eigenvalue weighted by molar-refractivity contribution is 0.818. The van der Waals surface area contributed by atoms with Crippen LogP contribution in [-0.2, 0) is 0 Å². The molecule has 0 atom stereocenters. The zero-order valence-corrected chi connectivity index (χ0v) is 79.1. The molecule has 12 rings (SSSR count). The maximum absolute atomic E-state index is 6.91. The van der Waals surface area contributed by atoms with E-state index in [0.29, 0.717) is 118 Å². The first-order chi connectivity index (χ1) is 53.6. The summed E-state index contributed by atoms with van der Waals surface area (Å²) < 4.78 is 0. The molecule has 0 amide bonds. The summed E-state index contributed by atoms with van der Waals surface area (Å²) in [6.07, 6.45) is 12.7. The molecule has 0 unspecified atom stereocenters. The number of benzene rings is 6. The first kappa shape index (κ1) is 90.8. The first-order valence-electron chi connectivity index (χ1n) is 39.8. The van der Waals surface area contributed by atoms with Crippen LogP contribution in [-0.4, -0.2) is 0 Å². The molecule has 0 saturated heterocycles. The van der Waals surface area contributed by atoms with E-state index >= 15 is 0 Å². The Morgan fingerprint density at radius 3 is 0.342 bits per heavy atom. The molecule has 6 nitrogen and oxygen atoms in total. The molecule has 114 heavy (non-hydrogen) atoms. The van der Waals surface area contributed by atoms with Crippen molar-refractivity contribution in [2.24, 2.45) is 0 Å². The molecule has 3 heterocycles. The minimum absolute atomic E-state index is 0.273. The van der Waals surface area contributed by atoms with Crippen molar-refractivity contribution >= 4 is 173 Å². The first-order valence-corrected chi connectivity index (χ1v) is 44.3. The molecule has 0 saturated carbocycles. The van der Waals surface area contributed by atoms with Gasteiger partial charge in [-0.2, -0.15) is 0 Å². The molecule has 6 aliphatic rings. The summed E-state index contributed by atoms with van der Waals surface area (Å²) in [5.41, 5.74) is 23.7. The Labute approximate surface area is 741 Å². The Morgan fingerprint density at radius 2 is 0.254 bits per heavy atom. The molecule has 0 aromatic heterocycles. The SMILES string of the molecule is CC(C)c1cccc(C(C)C)c1N1C=CN(c2c(C(C)C)cccc2C(C)C)C1=C1C(Cl)=C(Cl)C(Cl)=C1Cl.CC(C)c1cccc(C(C)C)c1N1C=CN(c2c(C(C)C)cccc2C(C)C)C1=C1C(Cl)=C(Cl)C(Cl)=C1Cl.CC(C)c1cccc(C(C)C)c1N1C=CN(c2c(C(C)C)cccc2C(C)C)C1=C1C(Cl)=C(Cl)C(Cl)=C1Cl. The van der Waals surface area contributed by atoms with Crippen LogP contribution < -0.4 is 29.4 Å². The van der Waals surface area contributed by atoms with Crippen molar-refractivity contribution in [1.29, 1.82) is 0 Å². The van der Waals surface area contributed by atoms with Gasteiger partial charge < -0.3 is 29.4 Å². The van der Waals surface area contributed by atoms with E-state index in [1.165, 1.54) is 66.8 Å². The summed E-state index contributed by atoms with van der Waals surface area (Å²) in [7, 11) is 0. The Bertz CT molecular complexity index is 4170. The lowest BCUT2D eigenvalue weighted by atomic mass is 9.91. The average Bonchev–Trinajstić information content (AvgIpc) is 1.59. The van der Waals surface area contributed by atoms with Gasteiger partial charge in [-0.15, -0.1) is 0 Å². The second-order valence-corrected chi connectivity index (χ2v) is 38.1. The number of allylic oxidation sites excluding steroid dienone is 15. The fourth-order valence-corrected chi connectivity index (χ4v) is 19.0. The van der Waals surface area contributed by atoms with Gasteiger partial charge in [-0.25, -0.2) is 0 Å². The van der Waals surface area contributed by atoms with E-state index in [1.807, 2.05) is 0 Å². The predicted molar refractivity (Wildman–Crippen MR) is 503 cm³/mol. The van der Waals surface area contributed by atoms with Crippen LogP contribution in [0.4, 0.5) is 34.1 Å². The monoisotopic (exact) mass is 1760 g/mol. The van der Waals surface area contributed by atoms with Crippen molar-refractivity contribution < 1.29 is 0 Å². The van der Waals surface area contributed by atoms with E-state index < -0.39 is 0 Å². The number of hydrogen-bond acceptors (Lipinski definition) is 6. The van der Waals surface area contributed by atoms with Crippen molar-refractivity contribution in [3.8, 4) is 0 Å². The summed E-state index contributed by atoms with van der Waals surface area (Å²) in [5, 5.41) is 3.79. The molecule has 0 N–H and O–H groups in total. The van der Waals surface area contributed by atoms with Crippen LogP contribution in [0, 0.1) is 0 Å². The van der Waals surface area contributed by atoms with Gasteiger partial charge in [0.25, 0.3) is 0 Å². The van der Waals surface area contributed by atoms with E-state index in [2.05, 4.69) is 342 Å². The van der Waals surface area contributed by atoms with Crippen LogP contribution in [0.2, 0.25) is 0 Å². The molecule has 0 fully saturated rings. The van der Waals surface area contributed by atoms with Crippen LogP contribution >= 0.6 is 139 Å². The van der Waals surface area contributed by atoms with Crippen molar-refractivity contribution in [3.05, 3.63) is 308 Å². The number of rotatable bonds is 18. The van der Waals surface area contributed by atoms with E-state index in [9.17, 15) is 0 Å². The quantitative estimate of drug-likeness (QED) is 0.0848. The van der Waals surface area contributed by atoms with E-state index in [0.717, 1.165) is 51.6 Å². The molecule has 3 aliphatic carbocycles. The summed E-state index contributed by atoms with van der Waals surface area (Å²) in [4.78, 5) is 13.4. The van der Waals surface area contributed by atoms with Crippen molar-refractivity contribution in [1.82, 2.24) is 0 Å². The fraction of sp³-hybridized carbons (Fsp3) is 0.375. The third kappa shape index (κ3) is 17.3. The Morgan fingerprint density at radius 1 is 0.158 bits per heavy atom. The Balaban J connectivity index is 0.000000181. The molecule has 0 spiro atoms. The van der Waals surface area contributed by atoms with Gasteiger partial charge in [-0.05, 0) is 138 Å². The highest BCUT2D eigenvalue weighted by atomic mass is 35.5. The van der Waals surface area contributed by atoms with Crippen LogP contribution in [0.5, 0.6) is 0 Å². The van der Waals surface area contributed by atoms with Crippen LogP contribution in [0.3, 0.4) is 0 Å². The van der Waals surface area contributed by atoms with Gasteiger partial charge in [-0.3, -0.25) is 0 Å². The standard InChI is InChI=1S/3C32H36Cl4N2/c3*1-17(2)21-11-9-12-22(18(3)4)30(21)37-15-16-38(32(37)25-26(33)28(35)29(36)27(25)34)31-23(19(5)6)13-10-14-24(31)20(7)8/h3*9-20H,1-8H3. The molecule has 6 aromatic rings. The largest absolute Gasteiger partial charge is 0.300 e. The second-order valence-electron chi connectivity index (χ2n) is 33.5. The van der Waals surface area contributed by atoms with Gasteiger partial charge >= 0.3 is 0 Å². The van der Waals surface area contributed by atoms with Crippen molar-refractivity contribution in [3.63, 3.8) is 0 Å². The highest BCUT2D eigenvalue weighted by molar-refractivity contribution is 6.57. The summed E-state index contributed by atoms with van der Waals surface area (Å²) in [5.74, 6) is 6.16. The number of hydrogen-bond donors (Lipinski definition) is 0. The lowest BCUT2D eigenvalue weighted by Gasteiger charge is -2.34. The van der Waals surface area contributed by atoms with Crippen LogP contribution in [0.1, 0.15) is 304 Å². The van der Waals surface area contributed by atoms with E-state index in [-0.39, 0.29) is 30.2 Å². The molecule has 6 aromatic carbocycles. The van der Waals surface area contributed by atoms with Gasteiger partial charge in [0.2, 0.25) is 0 Å². The normalized spacial score (nSPS) is 16.3. The zero-order chi connectivity index (χ0) is 84.1. The minimum Gasteiger partial charge on any atom is -0.300 e. The van der Waals surface area contributed by atoms with Gasteiger partial charge in [0.15, 0.2) is 0 Å². The highest BCUT2D eigenvalue weighted by Crippen LogP contribution is 2.57. The van der Waals surface area contributed by atoms with Crippen LogP contribution in [0.15, 0.2) is 241 Å². The zero-order valence-electron chi connectivity index (χ0n) is 70.0. The third-order valence-electron chi connectivity index (χ3n) is 21.7. The smallest absolute Gasteiger partial charge is 0.132 e. The predicted octanol–water partition coefficient (Wildman–Crippen LogP) is 34.7. The Hall–Kier alpha value is -5.52. The highest BCUT2D eigenvalue weighted by Gasteiger charge is 2.43. The minimum atomic E-state index is 0.273. The molecule has 18 heteroatoms. The molecular formula is C96H108Cl12N6. The number of anilines is 6. The maximum Gasteiger partial charge on any atom is 0.132 e. The van der Waals surface area contributed by atoms with Crippen molar-refractivity contribution in [2.75, 3.05) is 29.4 Å². The fourth-order valence-electron chi connectivity index (χ4n) is 15.8. The van der Waals surface area contributed by atoms with E-state index in [4.69, 9.17) is 139 Å². The molecule has 0 bridgehead atoms. The molecular weight excluding hydrogens is 1660 g/mol. The van der Waals surface area contributed by atoms with Gasteiger partial charge in [0.05, 0.1) is 111 Å². The van der Waals surface area contributed by atoms with Gasteiger partial charge in [0, 0.05) is 37.2 Å². The van der Waals surface area contributed by atoms with Crippen LogP contribution in [0.25, 0.3) is 0 Å². The topological polar surface area (TPSA) is 19.4 Å². The number of nitrogens with zero attached hydrogens (tertiary/aromatic N) is 6. The Kier molecular flexibility index (Phi) is 29.8. The molecule has 0 radical (unpaired) electrons. The average molecular weight is 1770 g/mol. The summed E-state index contributed by atoms with van der Waals surface area (Å²) in [6, 6.07) is 39.3. The second kappa shape index (κ2) is 37.4. The summed E-state index contributed by atoms with van der Waals surface area (Å²) in [6.45, 7) is 53.4. The molecule has 3 aliphatic heterocycles. The van der Waals surface area contributed by atoms with Gasteiger partial charge in [0.1, 0.15) is 17.5 Å². The number of halogens is 12. The van der Waals surface area contributed by atoms with E-state index in [1.54, 1.807) is 0 Å². The number of para-hydroxylation sites is 6. The molecule has 606 valence electrons. The summed E-state index contributed by atoms with van der Waals surface area (Å²) >= 11 is 80.9. The maximum atomic E-state index is 6.91. The third-order valence-corrected chi connectivity index (χ3v) is 27.1. The lowest BCUT2D eigenvalue weighted by Crippen LogP contribution is -2.28. The van der Waals surface area contributed by atoms with Gasteiger partial charge in [-0.1, -0.05) is 415 Å². The van der Waals surface area contributed by atoms with Crippen molar-refractivity contribution in [2.45, 2.75) is 237 Å².